The summed E-state index contributed by atoms with van der Waals surface area (Å²) in [6.07, 6.45) is 1.25. The van der Waals surface area contributed by atoms with Crippen molar-refractivity contribution >= 4 is 58.2 Å². The van der Waals surface area contributed by atoms with Crippen LogP contribution in [-0.4, -0.2) is 22.6 Å². The molecule has 0 saturated heterocycles. The fraction of sp³-hybridized carbons (Fsp3) is 0.0476. The number of nitrogens with one attached hydrogen (secondary N) is 2. The van der Waals surface area contributed by atoms with Gasteiger partial charge in [-0.3, -0.25) is 15.0 Å². The summed E-state index contributed by atoms with van der Waals surface area (Å²) in [6, 6.07) is 12.2. The van der Waals surface area contributed by atoms with Crippen LogP contribution < -0.4 is 11.2 Å². The van der Waals surface area contributed by atoms with E-state index in [0.717, 1.165) is 0 Å². The molecule has 0 spiro atoms. The van der Waals surface area contributed by atoms with Crippen LogP contribution in [0.25, 0.3) is 0 Å². The number of Topliss-reactive ketones (excluding diaryl/α,β-unsaturated/α-hetero) is 1. The van der Waals surface area contributed by atoms with E-state index in [2.05, 4.69) is 15.1 Å². The average Bonchev–Trinajstić information content (AvgIpc) is 2.76. The van der Waals surface area contributed by atoms with Gasteiger partial charge in [0.1, 0.15) is 5.82 Å². The highest BCUT2D eigenvalue weighted by atomic mass is 35.5. The van der Waals surface area contributed by atoms with E-state index in [1.54, 1.807) is 12.1 Å². The molecule has 0 bridgehead atoms. The van der Waals surface area contributed by atoms with Crippen molar-refractivity contribution in [3.8, 4) is 0 Å². The predicted molar refractivity (Wildman–Crippen MR) is 120 cm³/mol. The molecule has 2 aromatic carbocycles. The highest BCUT2D eigenvalue weighted by Crippen LogP contribution is 2.28. The van der Waals surface area contributed by atoms with Crippen molar-refractivity contribution in [3.63, 3.8) is 0 Å². The number of hydrogen-bond donors (Lipinski definition) is 3. The lowest BCUT2D eigenvalue weighted by atomic mass is 9.97. The minimum absolute atomic E-state index is 0.142. The molecule has 0 atom stereocenters. The normalized spacial score (nSPS) is 10.5. The molecule has 10 heteroatoms. The number of aromatic nitrogens is 1. The second-order valence-electron chi connectivity index (χ2n) is 6.35. The molecule has 0 saturated carbocycles. The maximum Gasteiger partial charge on any atom is 0.257 e. The quantitative estimate of drug-likeness (QED) is 0.201. The number of rotatable bonds is 6. The van der Waals surface area contributed by atoms with Crippen LogP contribution in [0.1, 0.15) is 31.8 Å². The van der Waals surface area contributed by atoms with Crippen molar-refractivity contribution in [1.82, 2.24) is 4.98 Å². The Labute approximate surface area is 192 Å². The number of nitrogens with two attached hydrogens (primary N) is 1. The number of benzene rings is 2. The summed E-state index contributed by atoms with van der Waals surface area (Å²) >= 11 is 18.2. The predicted octanol–water partition coefficient (Wildman–Crippen LogP) is 4.94. The van der Waals surface area contributed by atoms with Gasteiger partial charge in [0.05, 0.1) is 5.02 Å². The van der Waals surface area contributed by atoms with Crippen LogP contribution >= 0.6 is 34.8 Å². The molecule has 3 aromatic rings. The number of anilines is 1. The molecule has 1 amide bonds. The summed E-state index contributed by atoms with van der Waals surface area (Å²) in [5.74, 6) is 4.22. The highest BCUT2D eigenvalue weighted by Gasteiger charge is 2.20. The topological polar surface area (TPSA) is 118 Å². The van der Waals surface area contributed by atoms with Crippen LogP contribution in [0.5, 0.6) is 0 Å². The molecule has 3 rings (SSSR count). The Morgan fingerprint density at radius 3 is 2.29 bits per heavy atom. The Bertz CT molecular complexity index is 1150. The first kappa shape index (κ1) is 22.7. The van der Waals surface area contributed by atoms with Crippen molar-refractivity contribution in [2.45, 2.75) is 6.42 Å². The Balaban J connectivity index is 1.86. The lowest BCUT2D eigenvalue weighted by Gasteiger charge is -2.12. The first-order valence-electron chi connectivity index (χ1n) is 8.78. The van der Waals surface area contributed by atoms with Gasteiger partial charge in [0.15, 0.2) is 5.78 Å². The Morgan fingerprint density at radius 1 is 1.00 bits per heavy atom. The monoisotopic (exact) mass is 476 g/mol. The van der Waals surface area contributed by atoms with Crippen molar-refractivity contribution < 1.29 is 14.4 Å². The largest absolute Gasteiger partial charge is 0.391 e. The first-order valence-corrected chi connectivity index (χ1v) is 9.91. The van der Waals surface area contributed by atoms with Crippen molar-refractivity contribution in [1.29, 1.82) is 5.41 Å². The molecule has 0 unspecified atom stereocenters. The first-order chi connectivity index (χ1) is 14.8. The molecule has 0 fully saturated rings. The van der Waals surface area contributed by atoms with Crippen LogP contribution in [0.3, 0.4) is 0 Å². The van der Waals surface area contributed by atoms with Gasteiger partial charge in [-0.25, -0.2) is 4.98 Å². The third kappa shape index (κ3) is 5.59. The molecule has 7 nitrogen and oxygen atoms in total. The Morgan fingerprint density at radius 2 is 1.68 bits per heavy atom. The zero-order valence-corrected chi connectivity index (χ0v) is 18.1. The number of carbonyl (C=O) groups excluding carboxylic acids is 2. The molecular weight excluding hydrogens is 463 g/mol. The molecule has 4 N–H and O–H groups in total. The summed E-state index contributed by atoms with van der Waals surface area (Å²) in [6.45, 7) is 0. The Kier molecular flexibility index (Phi) is 7.25. The van der Waals surface area contributed by atoms with Crippen LogP contribution in [0, 0.1) is 5.41 Å². The molecule has 158 valence electrons. The van der Waals surface area contributed by atoms with Crippen molar-refractivity contribution in [3.05, 3.63) is 92.0 Å². The molecular formula is C21H15Cl3N4O3. The minimum Gasteiger partial charge on any atom is -0.391 e. The SMILES string of the molecule is N=C(ON)c1ccc(C(=O)Cc2c(Cl)cc(Cl)cc2C(=O)Nc2ccc(Cl)cn2)cc1. The summed E-state index contributed by atoms with van der Waals surface area (Å²) in [5.41, 5.74) is 1.26. The van der Waals surface area contributed by atoms with E-state index in [1.165, 1.54) is 42.6 Å². The molecule has 1 aromatic heterocycles. The zero-order chi connectivity index (χ0) is 22.5. The lowest BCUT2D eigenvalue weighted by molar-refractivity contribution is 0.0992. The van der Waals surface area contributed by atoms with Crippen LogP contribution in [0.4, 0.5) is 5.82 Å². The van der Waals surface area contributed by atoms with E-state index < -0.39 is 5.91 Å². The van der Waals surface area contributed by atoms with Gasteiger partial charge in [-0.2, -0.15) is 5.90 Å². The van der Waals surface area contributed by atoms with Gasteiger partial charge in [-0.15, -0.1) is 0 Å². The summed E-state index contributed by atoms with van der Waals surface area (Å²) in [7, 11) is 0. The van der Waals surface area contributed by atoms with Gasteiger partial charge in [0.25, 0.3) is 5.91 Å². The molecule has 1 heterocycles. The van der Waals surface area contributed by atoms with Crippen LogP contribution in [0.15, 0.2) is 54.7 Å². The number of carbonyl (C=O) groups is 2. The van der Waals surface area contributed by atoms with Gasteiger partial charge in [-0.1, -0.05) is 46.9 Å². The lowest BCUT2D eigenvalue weighted by Crippen LogP contribution is -2.17. The highest BCUT2D eigenvalue weighted by molar-refractivity contribution is 6.36. The summed E-state index contributed by atoms with van der Waals surface area (Å²) < 4.78 is 0. The van der Waals surface area contributed by atoms with E-state index in [1.807, 2.05) is 0 Å². The van der Waals surface area contributed by atoms with Crippen LogP contribution in [-0.2, 0) is 11.3 Å². The molecule has 0 aliphatic rings. The summed E-state index contributed by atoms with van der Waals surface area (Å²) in [4.78, 5) is 34.0. The maximum absolute atomic E-state index is 12.8. The van der Waals surface area contributed by atoms with E-state index in [-0.39, 0.29) is 39.5 Å². The molecule has 0 aliphatic carbocycles. The third-order valence-corrected chi connectivity index (χ3v) is 5.08. The van der Waals surface area contributed by atoms with Gasteiger partial charge in [0.2, 0.25) is 5.90 Å². The summed E-state index contributed by atoms with van der Waals surface area (Å²) in [5, 5.41) is 11.0. The number of amides is 1. The van der Waals surface area contributed by atoms with Gasteiger partial charge in [-0.05, 0) is 42.0 Å². The number of pyridine rings is 1. The average molecular weight is 478 g/mol. The smallest absolute Gasteiger partial charge is 0.257 e. The van der Waals surface area contributed by atoms with E-state index in [9.17, 15) is 9.59 Å². The van der Waals surface area contributed by atoms with Gasteiger partial charge in [0, 0.05) is 39.4 Å². The fourth-order valence-electron chi connectivity index (χ4n) is 2.76. The van der Waals surface area contributed by atoms with Crippen molar-refractivity contribution in [2.75, 3.05) is 5.32 Å². The Hall–Kier alpha value is -2.97. The van der Waals surface area contributed by atoms with E-state index in [0.29, 0.717) is 21.7 Å². The number of ketones is 1. The molecule has 0 aliphatic heterocycles. The van der Waals surface area contributed by atoms with Gasteiger partial charge >= 0.3 is 0 Å². The third-order valence-electron chi connectivity index (χ3n) is 4.30. The zero-order valence-electron chi connectivity index (χ0n) is 15.8. The second kappa shape index (κ2) is 9.89. The molecule has 31 heavy (non-hydrogen) atoms. The minimum atomic E-state index is -0.522. The molecule has 0 radical (unpaired) electrons. The fourth-order valence-corrected chi connectivity index (χ4v) is 3.43. The van der Waals surface area contributed by atoms with E-state index >= 15 is 0 Å². The number of halogens is 3. The van der Waals surface area contributed by atoms with E-state index in [4.69, 9.17) is 46.1 Å². The number of nitrogens with zero attached hydrogens (tertiary/aromatic N) is 1. The van der Waals surface area contributed by atoms with Gasteiger partial charge < -0.3 is 10.2 Å². The standard InChI is InChI=1S/C21H15Cl3N4O3/c22-13-5-6-19(27-10-13)28-21(30)16-7-14(23)8-17(24)15(16)9-18(29)11-1-3-12(4-2-11)20(25)31-26/h1-8,10,25H,9,26H2,(H,27,28,30). The maximum atomic E-state index is 12.8. The van der Waals surface area contributed by atoms with Crippen molar-refractivity contribution in [2.24, 2.45) is 5.90 Å². The second-order valence-corrected chi connectivity index (χ2v) is 7.63. The van der Waals surface area contributed by atoms with Crippen LogP contribution in [0.2, 0.25) is 15.1 Å². The number of hydrogen-bond acceptors (Lipinski definition) is 6.